The van der Waals surface area contributed by atoms with Gasteiger partial charge >= 0.3 is 5.97 Å². The lowest BCUT2D eigenvalue weighted by molar-refractivity contribution is 0.0438. The lowest BCUT2D eigenvalue weighted by Gasteiger charge is -2.04. The largest absolute Gasteiger partial charge is 0.466 e. The van der Waals surface area contributed by atoms with Crippen LogP contribution in [0.3, 0.4) is 0 Å². The molecule has 0 bridgehead atoms. The van der Waals surface area contributed by atoms with Crippen molar-refractivity contribution in [3.8, 4) is 11.5 Å². The van der Waals surface area contributed by atoms with Gasteiger partial charge in [0.15, 0.2) is 6.61 Å². The molecule has 3 rings (SSSR count). The fourth-order valence-electron chi connectivity index (χ4n) is 2.34. The summed E-state index contributed by atoms with van der Waals surface area (Å²) in [5.41, 5.74) is 3.40. The summed E-state index contributed by atoms with van der Waals surface area (Å²) in [6, 6.07) is 7.25. The topological polar surface area (TPSA) is 78.4 Å². The summed E-state index contributed by atoms with van der Waals surface area (Å²) in [4.78, 5) is 12.1. The summed E-state index contributed by atoms with van der Waals surface area (Å²) >= 11 is 0. The SMILES string of the molecule is Cc1cc(-c2nnc(COC(=O)c3ccc(C)c(C)c3)o2)c(C)o1. The van der Waals surface area contributed by atoms with Gasteiger partial charge in [0, 0.05) is 0 Å². The molecule has 0 unspecified atom stereocenters. The normalized spacial score (nSPS) is 10.8. The zero-order valence-electron chi connectivity index (χ0n) is 14.0. The van der Waals surface area contributed by atoms with Gasteiger partial charge in [-0.05, 0) is 57.0 Å². The fraction of sp³-hybridized carbons (Fsp3) is 0.278. The Morgan fingerprint density at radius 3 is 2.50 bits per heavy atom. The number of ether oxygens (including phenoxy) is 1. The molecule has 0 saturated heterocycles. The molecular weight excluding hydrogens is 308 g/mol. The van der Waals surface area contributed by atoms with E-state index in [9.17, 15) is 4.79 Å². The van der Waals surface area contributed by atoms with Gasteiger partial charge in [-0.2, -0.15) is 0 Å². The van der Waals surface area contributed by atoms with Crippen molar-refractivity contribution in [2.45, 2.75) is 34.3 Å². The average molecular weight is 326 g/mol. The number of carbonyl (C=O) groups is 1. The fourth-order valence-corrected chi connectivity index (χ4v) is 2.34. The van der Waals surface area contributed by atoms with Gasteiger partial charge < -0.3 is 13.6 Å². The summed E-state index contributed by atoms with van der Waals surface area (Å²) in [7, 11) is 0. The van der Waals surface area contributed by atoms with E-state index >= 15 is 0 Å². The smallest absolute Gasteiger partial charge is 0.338 e. The van der Waals surface area contributed by atoms with E-state index in [-0.39, 0.29) is 12.5 Å². The van der Waals surface area contributed by atoms with E-state index in [1.807, 2.05) is 39.8 Å². The number of rotatable bonds is 4. The number of esters is 1. The van der Waals surface area contributed by atoms with Gasteiger partial charge in [-0.3, -0.25) is 0 Å². The molecule has 0 aliphatic heterocycles. The van der Waals surface area contributed by atoms with Crippen molar-refractivity contribution in [2.75, 3.05) is 0 Å². The molecule has 3 aromatic rings. The van der Waals surface area contributed by atoms with Crippen LogP contribution in [0.4, 0.5) is 0 Å². The molecule has 0 spiro atoms. The predicted molar refractivity (Wildman–Crippen MR) is 86.5 cm³/mol. The zero-order chi connectivity index (χ0) is 17.3. The van der Waals surface area contributed by atoms with Gasteiger partial charge in [0.2, 0.25) is 0 Å². The highest BCUT2D eigenvalue weighted by Gasteiger charge is 2.16. The second-order valence-electron chi connectivity index (χ2n) is 5.70. The molecule has 24 heavy (non-hydrogen) atoms. The number of furan rings is 1. The minimum absolute atomic E-state index is 0.0748. The van der Waals surface area contributed by atoms with E-state index in [0.717, 1.165) is 22.5 Å². The molecule has 6 heteroatoms. The van der Waals surface area contributed by atoms with Crippen molar-refractivity contribution in [1.82, 2.24) is 10.2 Å². The Balaban J connectivity index is 1.68. The molecule has 0 atom stereocenters. The third-order valence-corrected chi connectivity index (χ3v) is 3.81. The van der Waals surface area contributed by atoms with Crippen molar-refractivity contribution >= 4 is 5.97 Å². The Morgan fingerprint density at radius 1 is 1.04 bits per heavy atom. The van der Waals surface area contributed by atoms with Crippen LogP contribution in [0.15, 0.2) is 33.1 Å². The van der Waals surface area contributed by atoms with E-state index < -0.39 is 5.97 Å². The maximum absolute atomic E-state index is 12.1. The van der Waals surface area contributed by atoms with Crippen LogP contribution in [-0.4, -0.2) is 16.2 Å². The molecule has 0 aliphatic carbocycles. The van der Waals surface area contributed by atoms with Crippen LogP contribution in [0.2, 0.25) is 0 Å². The molecule has 6 nitrogen and oxygen atoms in total. The monoisotopic (exact) mass is 326 g/mol. The lowest BCUT2D eigenvalue weighted by atomic mass is 10.1. The molecule has 0 fully saturated rings. The van der Waals surface area contributed by atoms with E-state index in [1.54, 1.807) is 12.1 Å². The van der Waals surface area contributed by atoms with Crippen LogP contribution in [0, 0.1) is 27.7 Å². The second-order valence-corrected chi connectivity index (χ2v) is 5.70. The molecular formula is C18H18N2O4. The standard InChI is InChI=1S/C18H18N2O4/c1-10-5-6-14(7-11(10)2)18(21)22-9-16-19-20-17(24-16)15-8-12(3)23-13(15)4/h5-8H,9H2,1-4H3. The van der Waals surface area contributed by atoms with Crippen LogP contribution < -0.4 is 0 Å². The van der Waals surface area contributed by atoms with Crippen molar-refractivity contribution in [3.63, 3.8) is 0 Å². The Hall–Kier alpha value is -2.89. The third-order valence-electron chi connectivity index (χ3n) is 3.81. The van der Waals surface area contributed by atoms with Gasteiger partial charge in [0.25, 0.3) is 11.8 Å². The summed E-state index contributed by atoms with van der Waals surface area (Å²) in [5.74, 6) is 1.63. The number of nitrogens with zero attached hydrogens (tertiary/aromatic N) is 2. The maximum atomic E-state index is 12.1. The summed E-state index contributed by atoms with van der Waals surface area (Å²) in [6.45, 7) is 7.54. The number of aromatic nitrogens is 2. The Bertz CT molecular complexity index is 892. The molecule has 124 valence electrons. The molecule has 2 aromatic heterocycles. The van der Waals surface area contributed by atoms with Crippen molar-refractivity contribution in [1.29, 1.82) is 0 Å². The van der Waals surface area contributed by atoms with Crippen LogP contribution in [0.5, 0.6) is 0 Å². The first-order valence-corrected chi connectivity index (χ1v) is 7.58. The third kappa shape index (κ3) is 3.22. The van der Waals surface area contributed by atoms with Crippen molar-refractivity contribution in [3.05, 3.63) is 58.4 Å². The highest BCUT2D eigenvalue weighted by atomic mass is 16.5. The van der Waals surface area contributed by atoms with Gasteiger partial charge in [0.1, 0.15) is 11.5 Å². The maximum Gasteiger partial charge on any atom is 0.338 e. The zero-order valence-corrected chi connectivity index (χ0v) is 14.0. The van der Waals surface area contributed by atoms with Gasteiger partial charge in [0.05, 0.1) is 11.1 Å². The number of hydrogen-bond acceptors (Lipinski definition) is 6. The molecule has 0 amide bonds. The lowest BCUT2D eigenvalue weighted by Crippen LogP contribution is -2.06. The summed E-state index contributed by atoms with van der Waals surface area (Å²) < 4.78 is 16.2. The van der Waals surface area contributed by atoms with Gasteiger partial charge in [-0.15, -0.1) is 10.2 Å². The van der Waals surface area contributed by atoms with Crippen LogP contribution in [0.25, 0.3) is 11.5 Å². The van der Waals surface area contributed by atoms with Crippen molar-refractivity contribution < 1.29 is 18.4 Å². The molecule has 1 aromatic carbocycles. The first-order valence-electron chi connectivity index (χ1n) is 7.58. The number of carbonyl (C=O) groups excluding carboxylic acids is 1. The van der Waals surface area contributed by atoms with E-state index in [2.05, 4.69) is 10.2 Å². The molecule has 2 heterocycles. The summed E-state index contributed by atoms with van der Waals surface area (Å²) in [5, 5.41) is 7.87. The summed E-state index contributed by atoms with van der Waals surface area (Å²) in [6.07, 6.45) is 0. The first kappa shape index (κ1) is 16.0. The Morgan fingerprint density at radius 2 is 1.83 bits per heavy atom. The number of benzene rings is 1. The molecule has 0 radical (unpaired) electrons. The van der Waals surface area contributed by atoms with Gasteiger partial charge in [-0.1, -0.05) is 6.07 Å². The number of hydrogen-bond donors (Lipinski definition) is 0. The minimum atomic E-state index is -0.423. The minimum Gasteiger partial charge on any atom is -0.466 e. The van der Waals surface area contributed by atoms with Crippen LogP contribution in [0.1, 0.15) is 38.9 Å². The highest BCUT2D eigenvalue weighted by molar-refractivity contribution is 5.89. The average Bonchev–Trinajstić information content (AvgIpc) is 3.13. The van der Waals surface area contributed by atoms with E-state index in [1.165, 1.54) is 0 Å². The predicted octanol–water partition coefficient (Wildman–Crippen LogP) is 3.92. The van der Waals surface area contributed by atoms with Crippen LogP contribution >= 0.6 is 0 Å². The number of aryl methyl sites for hydroxylation is 4. The highest BCUT2D eigenvalue weighted by Crippen LogP contribution is 2.25. The van der Waals surface area contributed by atoms with Crippen LogP contribution in [-0.2, 0) is 11.3 Å². The Kier molecular flexibility index (Phi) is 4.20. The van der Waals surface area contributed by atoms with Gasteiger partial charge in [-0.25, -0.2) is 4.79 Å². The molecule has 0 aliphatic rings. The van der Waals surface area contributed by atoms with E-state index in [0.29, 0.717) is 17.2 Å². The first-order chi connectivity index (χ1) is 11.4. The molecule has 0 saturated carbocycles. The van der Waals surface area contributed by atoms with E-state index in [4.69, 9.17) is 13.6 Å². The Labute approximate surface area is 139 Å². The second kappa shape index (κ2) is 6.31. The molecule has 0 N–H and O–H groups in total. The quantitative estimate of drug-likeness (QED) is 0.676. The van der Waals surface area contributed by atoms with Crippen molar-refractivity contribution in [2.24, 2.45) is 0 Å².